The first-order valence-electron chi connectivity index (χ1n) is 5.25. The van der Waals surface area contributed by atoms with Gasteiger partial charge in [0.25, 0.3) is 0 Å². The van der Waals surface area contributed by atoms with E-state index in [4.69, 9.17) is 5.73 Å². The number of nitrogens with two attached hydrogens (primary N) is 1. The topological polar surface area (TPSA) is 43.1 Å². The number of hydrogen-bond acceptors (Lipinski definition) is 2. The SMILES string of the molecule is Nc1cc(F)ccc1S(=O)Cc1ccccc1F. The smallest absolute Gasteiger partial charge is 0.127 e. The standard InChI is InChI=1S/C13H11F2NOS/c14-10-5-6-13(12(16)7-10)18(17)8-9-3-1-2-4-11(9)15/h1-7H,8,16H2. The molecule has 94 valence electrons. The highest BCUT2D eigenvalue weighted by Crippen LogP contribution is 2.21. The van der Waals surface area contributed by atoms with Crippen molar-refractivity contribution in [2.75, 3.05) is 5.73 Å². The maximum atomic E-state index is 13.4. The minimum absolute atomic E-state index is 0.0164. The summed E-state index contributed by atoms with van der Waals surface area (Å²) in [6.07, 6.45) is 0. The molecule has 0 bridgehead atoms. The van der Waals surface area contributed by atoms with Gasteiger partial charge in [-0.2, -0.15) is 0 Å². The van der Waals surface area contributed by atoms with Crippen molar-refractivity contribution in [1.29, 1.82) is 0 Å². The van der Waals surface area contributed by atoms with Crippen LogP contribution in [0.15, 0.2) is 47.4 Å². The minimum atomic E-state index is -1.50. The van der Waals surface area contributed by atoms with Crippen molar-refractivity contribution in [1.82, 2.24) is 0 Å². The van der Waals surface area contributed by atoms with Crippen LogP contribution in [-0.2, 0) is 16.6 Å². The first-order chi connectivity index (χ1) is 8.58. The minimum Gasteiger partial charge on any atom is -0.398 e. The van der Waals surface area contributed by atoms with Crippen LogP contribution < -0.4 is 5.73 Å². The van der Waals surface area contributed by atoms with E-state index in [9.17, 15) is 13.0 Å². The van der Waals surface area contributed by atoms with Crippen LogP contribution in [0.2, 0.25) is 0 Å². The van der Waals surface area contributed by atoms with E-state index in [0.29, 0.717) is 10.5 Å². The van der Waals surface area contributed by atoms with Gasteiger partial charge in [0.05, 0.1) is 27.1 Å². The zero-order valence-electron chi connectivity index (χ0n) is 9.40. The zero-order valence-corrected chi connectivity index (χ0v) is 10.2. The summed E-state index contributed by atoms with van der Waals surface area (Å²) in [5.74, 6) is -0.881. The van der Waals surface area contributed by atoms with Gasteiger partial charge in [0.1, 0.15) is 11.6 Å². The molecule has 0 aliphatic heterocycles. The number of halogens is 2. The third kappa shape index (κ3) is 2.73. The van der Waals surface area contributed by atoms with Gasteiger partial charge in [0, 0.05) is 5.56 Å². The Morgan fingerprint density at radius 3 is 2.50 bits per heavy atom. The van der Waals surface area contributed by atoms with Crippen LogP contribution in [-0.4, -0.2) is 4.21 Å². The molecular formula is C13H11F2NOS. The maximum absolute atomic E-state index is 13.4. The van der Waals surface area contributed by atoms with Gasteiger partial charge < -0.3 is 5.73 Å². The molecule has 0 aliphatic rings. The molecule has 0 aliphatic carbocycles. The first-order valence-corrected chi connectivity index (χ1v) is 6.56. The third-order valence-electron chi connectivity index (χ3n) is 2.46. The van der Waals surface area contributed by atoms with Crippen molar-refractivity contribution in [2.45, 2.75) is 10.6 Å². The van der Waals surface area contributed by atoms with Gasteiger partial charge in [-0.1, -0.05) is 18.2 Å². The molecule has 0 radical (unpaired) electrons. The summed E-state index contributed by atoms with van der Waals surface area (Å²) in [4.78, 5) is 0.319. The molecule has 0 spiro atoms. The second kappa shape index (κ2) is 5.27. The lowest BCUT2D eigenvalue weighted by atomic mass is 10.2. The molecule has 0 amide bonds. The van der Waals surface area contributed by atoms with Crippen molar-refractivity contribution in [3.63, 3.8) is 0 Å². The average molecular weight is 267 g/mol. The van der Waals surface area contributed by atoms with Gasteiger partial charge >= 0.3 is 0 Å². The molecule has 18 heavy (non-hydrogen) atoms. The van der Waals surface area contributed by atoms with E-state index >= 15 is 0 Å². The van der Waals surface area contributed by atoms with Crippen molar-refractivity contribution < 1.29 is 13.0 Å². The van der Waals surface area contributed by atoms with Crippen LogP contribution in [0.3, 0.4) is 0 Å². The van der Waals surface area contributed by atoms with Gasteiger partial charge in [-0.25, -0.2) is 8.78 Å². The first kappa shape index (κ1) is 12.7. The molecule has 2 N–H and O–H groups in total. The van der Waals surface area contributed by atoms with Crippen LogP contribution in [0.25, 0.3) is 0 Å². The Morgan fingerprint density at radius 2 is 1.83 bits per heavy atom. The van der Waals surface area contributed by atoms with E-state index in [-0.39, 0.29) is 11.4 Å². The zero-order chi connectivity index (χ0) is 13.1. The maximum Gasteiger partial charge on any atom is 0.127 e. The number of hydrogen-bond donors (Lipinski definition) is 1. The molecule has 5 heteroatoms. The predicted molar refractivity (Wildman–Crippen MR) is 67.3 cm³/mol. The summed E-state index contributed by atoms with van der Waals surface area (Å²) in [5.41, 5.74) is 6.05. The van der Waals surface area contributed by atoms with Crippen LogP contribution in [0, 0.1) is 11.6 Å². The number of anilines is 1. The molecule has 0 saturated heterocycles. The van der Waals surface area contributed by atoms with E-state index in [1.165, 1.54) is 18.2 Å². The Hall–Kier alpha value is -1.75. The predicted octanol–water partition coefficient (Wildman–Crippen LogP) is 2.85. The Balaban J connectivity index is 2.25. The summed E-state index contributed by atoms with van der Waals surface area (Å²) < 4.78 is 38.3. The Morgan fingerprint density at radius 1 is 1.11 bits per heavy atom. The van der Waals surface area contributed by atoms with Crippen molar-refractivity contribution >= 4 is 16.5 Å². The Bertz CT molecular complexity index is 601. The van der Waals surface area contributed by atoms with Crippen LogP contribution in [0.1, 0.15) is 5.56 Å². The number of benzene rings is 2. The molecule has 2 nitrogen and oxygen atoms in total. The van der Waals surface area contributed by atoms with E-state index in [0.717, 1.165) is 6.07 Å². The summed E-state index contributed by atoms with van der Waals surface area (Å²) in [7, 11) is -1.50. The molecule has 0 aromatic heterocycles. The summed E-state index contributed by atoms with van der Waals surface area (Å²) >= 11 is 0. The summed E-state index contributed by atoms with van der Waals surface area (Å²) in [5, 5.41) is 0. The molecule has 2 rings (SSSR count). The Kier molecular flexibility index (Phi) is 3.72. The highest BCUT2D eigenvalue weighted by atomic mass is 32.2. The average Bonchev–Trinajstić information content (AvgIpc) is 2.32. The van der Waals surface area contributed by atoms with Crippen molar-refractivity contribution in [3.8, 4) is 0 Å². The van der Waals surface area contributed by atoms with Gasteiger partial charge in [-0.3, -0.25) is 4.21 Å². The van der Waals surface area contributed by atoms with Gasteiger partial charge in [0.2, 0.25) is 0 Å². The van der Waals surface area contributed by atoms with Gasteiger partial charge in [0.15, 0.2) is 0 Å². The van der Waals surface area contributed by atoms with Crippen LogP contribution in [0.5, 0.6) is 0 Å². The molecule has 0 fully saturated rings. The van der Waals surface area contributed by atoms with E-state index in [2.05, 4.69) is 0 Å². The van der Waals surface area contributed by atoms with Crippen LogP contribution in [0.4, 0.5) is 14.5 Å². The lowest BCUT2D eigenvalue weighted by Crippen LogP contribution is -2.02. The van der Waals surface area contributed by atoms with E-state index < -0.39 is 22.4 Å². The third-order valence-corrected chi connectivity index (χ3v) is 3.90. The second-order valence-corrected chi connectivity index (χ2v) is 5.18. The lowest BCUT2D eigenvalue weighted by Gasteiger charge is -2.06. The second-order valence-electron chi connectivity index (χ2n) is 3.76. The molecule has 2 aromatic carbocycles. The fourth-order valence-corrected chi connectivity index (χ4v) is 2.77. The fraction of sp³-hybridized carbons (Fsp3) is 0.0769. The monoisotopic (exact) mass is 267 g/mol. The van der Waals surface area contributed by atoms with Crippen molar-refractivity contribution in [3.05, 3.63) is 59.7 Å². The molecule has 0 saturated carbocycles. The Labute approximate surface area is 106 Å². The molecule has 2 aromatic rings. The van der Waals surface area contributed by atoms with Crippen molar-refractivity contribution in [2.24, 2.45) is 0 Å². The van der Waals surface area contributed by atoms with Crippen LogP contribution >= 0.6 is 0 Å². The largest absolute Gasteiger partial charge is 0.398 e. The number of nitrogen functional groups attached to an aromatic ring is 1. The van der Waals surface area contributed by atoms with Gasteiger partial charge in [-0.05, 0) is 24.3 Å². The fourth-order valence-electron chi connectivity index (χ4n) is 1.56. The molecular weight excluding hydrogens is 256 g/mol. The normalized spacial score (nSPS) is 12.3. The van der Waals surface area contributed by atoms with E-state index in [1.54, 1.807) is 18.2 Å². The highest BCUT2D eigenvalue weighted by Gasteiger charge is 2.11. The summed E-state index contributed by atoms with van der Waals surface area (Å²) in [6, 6.07) is 9.76. The number of rotatable bonds is 3. The molecule has 1 atom stereocenters. The molecule has 1 unspecified atom stereocenters. The van der Waals surface area contributed by atoms with E-state index in [1.807, 2.05) is 0 Å². The summed E-state index contributed by atoms with van der Waals surface area (Å²) in [6.45, 7) is 0. The quantitative estimate of drug-likeness (QED) is 0.869. The lowest BCUT2D eigenvalue weighted by molar-refractivity contribution is 0.615. The highest BCUT2D eigenvalue weighted by molar-refractivity contribution is 7.84. The van der Waals surface area contributed by atoms with Gasteiger partial charge in [-0.15, -0.1) is 0 Å². The molecule has 0 heterocycles.